The van der Waals surface area contributed by atoms with Gasteiger partial charge in [-0.3, -0.25) is 4.79 Å². The van der Waals surface area contributed by atoms with E-state index in [0.717, 1.165) is 18.4 Å². The van der Waals surface area contributed by atoms with E-state index in [1.807, 2.05) is 31.2 Å². The summed E-state index contributed by atoms with van der Waals surface area (Å²) in [6, 6.07) is 9.46. The quantitative estimate of drug-likeness (QED) is 0.718. The van der Waals surface area contributed by atoms with E-state index in [2.05, 4.69) is 6.07 Å². The highest BCUT2D eigenvalue weighted by Gasteiger charge is 2.29. The van der Waals surface area contributed by atoms with Gasteiger partial charge in [0.2, 0.25) is 0 Å². The number of nitrogens with zero attached hydrogens (tertiary/aromatic N) is 2. The van der Waals surface area contributed by atoms with Crippen LogP contribution in [0.5, 0.6) is 0 Å². The zero-order valence-electron chi connectivity index (χ0n) is 9.31. The van der Waals surface area contributed by atoms with Crippen molar-refractivity contribution in [1.29, 1.82) is 5.26 Å². The van der Waals surface area contributed by atoms with Crippen LogP contribution in [-0.4, -0.2) is 23.4 Å². The Hall–Kier alpha value is -1.82. The molecule has 1 heterocycles. The highest BCUT2D eigenvalue weighted by Crippen LogP contribution is 2.20. The fraction of sp³-hybridized carbons (Fsp3) is 0.385. The van der Waals surface area contributed by atoms with Crippen LogP contribution in [0.25, 0.3) is 0 Å². The third-order valence-corrected chi connectivity index (χ3v) is 3.04. The Morgan fingerprint density at radius 1 is 1.50 bits per heavy atom. The van der Waals surface area contributed by atoms with Gasteiger partial charge in [0.1, 0.15) is 6.04 Å². The van der Waals surface area contributed by atoms with Crippen molar-refractivity contribution < 1.29 is 4.79 Å². The van der Waals surface area contributed by atoms with Gasteiger partial charge in [-0.05, 0) is 31.4 Å². The Bertz CT molecular complexity index is 447. The van der Waals surface area contributed by atoms with Gasteiger partial charge in [0.05, 0.1) is 6.07 Å². The largest absolute Gasteiger partial charge is 0.323 e. The van der Waals surface area contributed by atoms with E-state index < -0.39 is 0 Å². The van der Waals surface area contributed by atoms with E-state index in [-0.39, 0.29) is 11.9 Å². The first kappa shape index (κ1) is 10.7. The molecule has 0 spiro atoms. The molecule has 16 heavy (non-hydrogen) atoms. The molecule has 3 nitrogen and oxygen atoms in total. The third kappa shape index (κ3) is 1.79. The van der Waals surface area contributed by atoms with Gasteiger partial charge in [-0.25, -0.2) is 0 Å². The van der Waals surface area contributed by atoms with Gasteiger partial charge in [-0.2, -0.15) is 5.26 Å². The zero-order chi connectivity index (χ0) is 11.5. The number of amides is 1. The number of hydrogen-bond donors (Lipinski definition) is 0. The smallest absolute Gasteiger partial charge is 0.255 e. The molecule has 1 aromatic rings. The summed E-state index contributed by atoms with van der Waals surface area (Å²) in [5.74, 6) is -0.0119. The summed E-state index contributed by atoms with van der Waals surface area (Å²) in [6.07, 6.45) is 1.73. The lowest BCUT2D eigenvalue weighted by Crippen LogP contribution is -2.34. The Morgan fingerprint density at radius 2 is 2.25 bits per heavy atom. The molecule has 1 saturated heterocycles. The third-order valence-electron chi connectivity index (χ3n) is 3.04. The van der Waals surface area contributed by atoms with E-state index in [9.17, 15) is 4.79 Å². The second-order valence-corrected chi connectivity index (χ2v) is 4.10. The van der Waals surface area contributed by atoms with Gasteiger partial charge in [-0.1, -0.05) is 18.2 Å². The first-order chi connectivity index (χ1) is 7.74. The minimum atomic E-state index is -0.243. The number of benzene rings is 1. The van der Waals surface area contributed by atoms with Crippen molar-refractivity contribution in [2.75, 3.05) is 6.54 Å². The molecule has 0 saturated carbocycles. The van der Waals surface area contributed by atoms with Gasteiger partial charge in [0.25, 0.3) is 5.91 Å². The van der Waals surface area contributed by atoms with Crippen LogP contribution in [0.1, 0.15) is 28.8 Å². The summed E-state index contributed by atoms with van der Waals surface area (Å²) in [4.78, 5) is 13.9. The van der Waals surface area contributed by atoms with Crippen molar-refractivity contribution in [3.05, 3.63) is 35.4 Å². The lowest BCUT2D eigenvalue weighted by atomic mass is 10.1. The SMILES string of the molecule is Cc1ccccc1C(=O)N1CCCC1C#N. The summed E-state index contributed by atoms with van der Waals surface area (Å²) in [7, 11) is 0. The molecule has 0 aliphatic carbocycles. The van der Waals surface area contributed by atoms with Crippen molar-refractivity contribution in [1.82, 2.24) is 4.90 Å². The highest BCUT2D eigenvalue weighted by atomic mass is 16.2. The average molecular weight is 214 g/mol. The van der Waals surface area contributed by atoms with Crippen LogP contribution in [0.2, 0.25) is 0 Å². The second-order valence-electron chi connectivity index (χ2n) is 4.10. The first-order valence-corrected chi connectivity index (χ1v) is 5.50. The molecule has 1 unspecified atom stereocenters. The number of nitriles is 1. The van der Waals surface area contributed by atoms with Gasteiger partial charge >= 0.3 is 0 Å². The minimum absolute atomic E-state index is 0.0119. The van der Waals surface area contributed by atoms with E-state index in [1.54, 1.807) is 4.90 Å². The Kier molecular flexibility index (Phi) is 2.91. The Balaban J connectivity index is 2.26. The second kappa shape index (κ2) is 4.36. The molecule has 1 fully saturated rings. The molecule has 0 N–H and O–H groups in total. The monoisotopic (exact) mass is 214 g/mol. The van der Waals surface area contributed by atoms with E-state index in [0.29, 0.717) is 12.1 Å². The van der Waals surface area contributed by atoms with Crippen LogP contribution in [0.3, 0.4) is 0 Å². The highest BCUT2D eigenvalue weighted by molar-refractivity contribution is 5.96. The lowest BCUT2D eigenvalue weighted by Gasteiger charge is -2.20. The topological polar surface area (TPSA) is 44.1 Å². The molecule has 2 rings (SSSR count). The molecule has 1 aromatic carbocycles. The fourth-order valence-corrected chi connectivity index (χ4v) is 2.11. The summed E-state index contributed by atoms with van der Waals surface area (Å²) in [6.45, 7) is 2.62. The predicted octanol–water partition coefficient (Wildman–Crippen LogP) is 2.12. The summed E-state index contributed by atoms with van der Waals surface area (Å²) >= 11 is 0. The van der Waals surface area contributed by atoms with Crippen LogP contribution >= 0.6 is 0 Å². The van der Waals surface area contributed by atoms with Crippen molar-refractivity contribution in [3.8, 4) is 6.07 Å². The molecule has 1 aliphatic rings. The predicted molar refractivity (Wildman–Crippen MR) is 60.9 cm³/mol. The molecule has 1 aliphatic heterocycles. The van der Waals surface area contributed by atoms with E-state index >= 15 is 0 Å². The van der Waals surface area contributed by atoms with Crippen LogP contribution < -0.4 is 0 Å². The standard InChI is InChI=1S/C13H14N2O/c1-10-5-2-3-7-12(10)13(16)15-8-4-6-11(15)9-14/h2-3,5,7,11H,4,6,8H2,1H3. The number of likely N-dealkylation sites (tertiary alicyclic amines) is 1. The molecule has 0 radical (unpaired) electrons. The Morgan fingerprint density at radius 3 is 2.94 bits per heavy atom. The first-order valence-electron chi connectivity index (χ1n) is 5.50. The molecular formula is C13H14N2O. The fourth-order valence-electron chi connectivity index (χ4n) is 2.11. The normalized spacial score (nSPS) is 19.5. The van der Waals surface area contributed by atoms with Crippen LogP contribution in [0.4, 0.5) is 0 Å². The molecule has 0 aromatic heterocycles. The summed E-state index contributed by atoms with van der Waals surface area (Å²) < 4.78 is 0. The minimum Gasteiger partial charge on any atom is -0.323 e. The van der Waals surface area contributed by atoms with E-state index in [1.165, 1.54) is 0 Å². The molecule has 1 atom stereocenters. The van der Waals surface area contributed by atoms with Crippen molar-refractivity contribution in [3.63, 3.8) is 0 Å². The lowest BCUT2D eigenvalue weighted by molar-refractivity contribution is 0.0764. The van der Waals surface area contributed by atoms with Crippen LogP contribution in [0.15, 0.2) is 24.3 Å². The summed E-state index contributed by atoms with van der Waals surface area (Å²) in [5.41, 5.74) is 1.68. The van der Waals surface area contributed by atoms with Gasteiger partial charge < -0.3 is 4.90 Å². The average Bonchev–Trinajstić information content (AvgIpc) is 2.77. The van der Waals surface area contributed by atoms with Crippen molar-refractivity contribution >= 4 is 5.91 Å². The molecule has 82 valence electrons. The van der Waals surface area contributed by atoms with Crippen LogP contribution in [0, 0.1) is 18.3 Å². The Labute approximate surface area is 95.3 Å². The summed E-state index contributed by atoms with van der Waals surface area (Å²) in [5, 5.41) is 8.96. The van der Waals surface area contributed by atoms with Gasteiger partial charge in [-0.15, -0.1) is 0 Å². The maximum atomic E-state index is 12.2. The van der Waals surface area contributed by atoms with Gasteiger partial charge in [0, 0.05) is 12.1 Å². The van der Waals surface area contributed by atoms with Crippen molar-refractivity contribution in [2.24, 2.45) is 0 Å². The molecular weight excluding hydrogens is 200 g/mol. The number of carbonyl (C=O) groups excluding carboxylic acids is 1. The number of rotatable bonds is 1. The number of aryl methyl sites for hydroxylation is 1. The molecule has 1 amide bonds. The molecule has 0 bridgehead atoms. The van der Waals surface area contributed by atoms with Gasteiger partial charge in [0.15, 0.2) is 0 Å². The molecule has 3 heteroatoms. The maximum Gasteiger partial charge on any atom is 0.255 e. The maximum absolute atomic E-state index is 12.2. The van der Waals surface area contributed by atoms with Crippen LogP contribution in [-0.2, 0) is 0 Å². The number of hydrogen-bond acceptors (Lipinski definition) is 2. The zero-order valence-corrected chi connectivity index (χ0v) is 9.31. The van der Waals surface area contributed by atoms with Crippen molar-refractivity contribution in [2.45, 2.75) is 25.8 Å². The number of carbonyl (C=O) groups is 1. The van der Waals surface area contributed by atoms with E-state index in [4.69, 9.17) is 5.26 Å².